The molecule has 0 heterocycles. The third kappa shape index (κ3) is 11.9. The van der Waals surface area contributed by atoms with Crippen LogP contribution in [-0.4, -0.2) is 0 Å². The third-order valence-electron chi connectivity index (χ3n) is 5.90. The van der Waals surface area contributed by atoms with Crippen molar-refractivity contribution in [3.05, 3.63) is 71.3 Å². The van der Waals surface area contributed by atoms with Gasteiger partial charge in [0.25, 0.3) is 0 Å². The molecule has 0 bridgehead atoms. The molecule has 0 saturated heterocycles. The fourth-order valence-corrected chi connectivity index (χ4v) is 3.94. The van der Waals surface area contributed by atoms with Gasteiger partial charge in [0.15, 0.2) is 0 Å². The van der Waals surface area contributed by atoms with Crippen LogP contribution in [0.15, 0.2) is 54.6 Å². The molecule has 0 saturated carbocycles. The largest absolute Gasteiger partial charge is 0.0654 e. The second kappa shape index (κ2) is 16.8. The highest BCUT2D eigenvalue weighted by molar-refractivity contribution is 5.43. The Morgan fingerprint density at radius 3 is 1.40 bits per heavy atom. The molecule has 0 nitrogen and oxygen atoms in total. The molecular weight excluding hydrogens is 360 g/mol. The Morgan fingerprint density at radius 2 is 0.900 bits per heavy atom. The molecule has 2 aromatic carbocycles. The van der Waals surface area contributed by atoms with Crippen molar-refractivity contribution in [2.24, 2.45) is 0 Å². The normalized spacial score (nSPS) is 10.6. The van der Waals surface area contributed by atoms with Crippen LogP contribution < -0.4 is 0 Å². The summed E-state index contributed by atoms with van der Waals surface area (Å²) in [7, 11) is 0. The molecule has 2 rings (SSSR count). The van der Waals surface area contributed by atoms with Crippen LogP contribution in [0, 0.1) is 11.8 Å². The fraction of sp³-hybridized carbons (Fsp3) is 0.533. The van der Waals surface area contributed by atoms with Crippen molar-refractivity contribution >= 4 is 0 Å². The summed E-state index contributed by atoms with van der Waals surface area (Å²) in [6.45, 7) is 2.29. The maximum absolute atomic E-state index is 3.26. The van der Waals surface area contributed by atoms with Gasteiger partial charge in [-0.25, -0.2) is 0 Å². The summed E-state index contributed by atoms with van der Waals surface area (Å²) in [5.41, 5.74) is 3.62. The number of benzene rings is 2. The van der Waals surface area contributed by atoms with Gasteiger partial charge in [-0.2, -0.15) is 0 Å². The highest BCUT2D eigenvalue weighted by Crippen LogP contribution is 2.14. The molecule has 0 atom stereocenters. The van der Waals surface area contributed by atoms with E-state index in [1.54, 1.807) is 0 Å². The van der Waals surface area contributed by atoms with Crippen molar-refractivity contribution in [2.45, 2.75) is 103 Å². The van der Waals surface area contributed by atoms with Gasteiger partial charge >= 0.3 is 0 Å². The first kappa shape index (κ1) is 24.3. The minimum absolute atomic E-state index is 1.07. The summed E-state index contributed by atoms with van der Waals surface area (Å²) in [5, 5.41) is 0. The molecule has 0 aliphatic carbocycles. The van der Waals surface area contributed by atoms with E-state index in [4.69, 9.17) is 0 Å². The van der Waals surface area contributed by atoms with Crippen LogP contribution in [0.3, 0.4) is 0 Å². The maximum Gasteiger partial charge on any atom is 0.0249 e. The Labute approximate surface area is 186 Å². The van der Waals surface area contributed by atoms with Gasteiger partial charge in [-0.05, 0) is 42.7 Å². The predicted molar refractivity (Wildman–Crippen MR) is 133 cm³/mol. The van der Waals surface area contributed by atoms with Gasteiger partial charge in [0.05, 0.1) is 0 Å². The van der Waals surface area contributed by atoms with Crippen LogP contribution in [0.1, 0.15) is 114 Å². The molecule has 0 heteroatoms. The Kier molecular flexibility index (Phi) is 13.6. The first-order chi connectivity index (χ1) is 14.9. The van der Waals surface area contributed by atoms with E-state index in [0.29, 0.717) is 0 Å². The zero-order valence-corrected chi connectivity index (χ0v) is 19.3. The first-order valence-electron chi connectivity index (χ1n) is 12.5. The zero-order valence-electron chi connectivity index (χ0n) is 19.3. The number of unbranched alkanes of at least 4 members (excludes halogenated alkanes) is 13. The van der Waals surface area contributed by atoms with E-state index >= 15 is 0 Å². The van der Waals surface area contributed by atoms with Gasteiger partial charge in [0.2, 0.25) is 0 Å². The molecule has 0 radical (unpaired) electrons. The monoisotopic (exact) mass is 402 g/mol. The minimum Gasteiger partial charge on any atom is -0.0654 e. The molecule has 30 heavy (non-hydrogen) atoms. The zero-order chi connectivity index (χ0) is 21.1. The van der Waals surface area contributed by atoms with Crippen molar-refractivity contribution in [2.75, 3.05) is 0 Å². The van der Waals surface area contributed by atoms with Crippen molar-refractivity contribution in [3.63, 3.8) is 0 Å². The molecular formula is C30H42. The SMILES string of the molecule is CCCCCCCCCCCCCCCCc1ccc(C#Cc2ccccc2)cc1. The molecule has 0 N–H and O–H groups in total. The highest BCUT2D eigenvalue weighted by atomic mass is 14.0. The van der Waals surface area contributed by atoms with E-state index in [0.717, 1.165) is 11.1 Å². The van der Waals surface area contributed by atoms with Crippen LogP contribution >= 0.6 is 0 Å². The van der Waals surface area contributed by atoms with E-state index in [1.165, 1.54) is 102 Å². The summed E-state index contributed by atoms with van der Waals surface area (Å²) < 4.78 is 0. The van der Waals surface area contributed by atoms with Crippen molar-refractivity contribution in [1.82, 2.24) is 0 Å². The Hall–Kier alpha value is -2.00. The van der Waals surface area contributed by atoms with E-state index in [2.05, 4.69) is 55.2 Å². The van der Waals surface area contributed by atoms with E-state index in [1.807, 2.05) is 18.2 Å². The lowest BCUT2D eigenvalue weighted by Gasteiger charge is -2.04. The Bertz CT molecular complexity index is 699. The quantitative estimate of drug-likeness (QED) is 0.206. The van der Waals surface area contributed by atoms with Crippen molar-refractivity contribution < 1.29 is 0 Å². The lowest BCUT2D eigenvalue weighted by atomic mass is 10.0. The number of rotatable bonds is 15. The smallest absolute Gasteiger partial charge is 0.0249 e. The van der Waals surface area contributed by atoms with E-state index in [-0.39, 0.29) is 0 Å². The van der Waals surface area contributed by atoms with Gasteiger partial charge in [-0.15, -0.1) is 0 Å². The molecule has 162 valence electrons. The minimum atomic E-state index is 1.07. The average molecular weight is 403 g/mol. The predicted octanol–water partition coefficient (Wildman–Crippen LogP) is 9.11. The molecule has 0 fully saturated rings. The summed E-state index contributed by atoms with van der Waals surface area (Å²) >= 11 is 0. The van der Waals surface area contributed by atoms with E-state index < -0.39 is 0 Å². The average Bonchev–Trinajstić information content (AvgIpc) is 2.79. The molecule has 0 unspecified atom stereocenters. The molecule has 0 aromatic heterocycles. The van der Waals surface area contributed by atoms with E-state index in [9.17, 15) is 0 Å². The van der Waals surface area contributed by atoms with Crippen LogP contribution in [0.5, 0.6) is 0 Å². The summed E-state index contributed by atoms with van der Waals surface area (Å²) in [6, 6.07) is 19.0. The standard InChI is InChI=1S/C30H42/c1-2-3-4-5-6-7-8-9-10-11-12-13-14-16-21-29-23-26-30(27-24-29)25-22-28-19-17-15-18-20-28/h15,17-20,23-24,26-27H,2-14,16,21H2,1H3. The van der Waals surface area contributed by atoms with Crippen LogP contribution in [0.4, 0.5) is 0 Å². The second-order valence-corrected chi connectivity index (χ2v) is 8.66. The van der Waals surface area contributed by atoms with Gasteiger partial charge in [0, 0.05) is 11.1 Å². The van der Waals surface area contributed by atoms with Crippen LogP contribution in [-0.2, 0) is 6.42 Å². The topological polar surface area (TPSA) is 0 Å². The number of aryl methyl sites for hydroxylation is 1. The summed E-state index contributed by atoms with van der Waals surface area (Å²) in [5.74, 6) is 6.49. The molecule has 0 amide bonds. The molecule has 2 aromatic rings. The van der Waals surface area contributed by atoms with Crippen LogP contribution in [0.2, 0.25) is 0 Å². The lowest BCUT2D eigenvalue weighted by Crippen LogP contribution is -1.87. The van der Waals surface area contributed by atoms with Gasteiger partial charge < -0.3 is 0 Å². The first-order valence-corrected chi connectivity index (χ1v) is 12.5. The fourth-order valence-electron chi connectivity index (χ4n) is 3.94. The summed E-state index contributed by atoms with van der Waals surface area (Å²) in [4.78, 5) is 0. The highest BCUT2D eigenvalue weighted by Gasteiger charge is 1.96. The molecule has 0 aliphatic rings. The number of hydrogen-bond acceptors (Lipinski definition) is 0. The second-order valence-electron chi connectivity index (χ2n) is 8.66. The van der Waals surface area contributed by atoms with Gasteiger partial charge in [-0.1, -0.05) is 133 Å². The molecule has 0 aliphatic heterocycles. The van der Waals surface area contributed by atoms with Crippen molar-refractivity contribution in [1.29, 1.82) is 0 Å². The van der Waals surface area contributed by atoms with Gasteiger partial charge in [-0.3, -0.25) is 0 Å². The number of hydrogen-bond donors (Lipinski definition) is 0. The Balaban J connectivity index is 1.44. The maximum atomic E-state index is 3.26. The third-order valence-corrected chi connectivity index (χ3v) is 5.90. The van der Waals surface area contributed by atoms with Crippen molar-refractivity contribution in [3.8, 4) is 11.8 Å². The van der Waals surface area contributed by atoms with Crippen LogP contribution in [0.25, 0.3) is 0 Å². The lowest BCUT2D eigenvalue weighted by molar-refractivity contribution is 0.535. The summed E-state index contributed by atoms with van der Waals surface area (Å²) in [6.07, 6.45) is 21.1. The van der Waals surface area contributed by atoms with Gasteiger partial charge in [0.1, 0.15) is 0 Å². The molecule has 0 spiro atoms. The Morgan fingerprint density at radius 1 is 0.467 bits per heavy atom.